The number of fused-ring (bicyclic) bond motifs is 1. The highest BCUT2D eigenvalue weighted by Gasteiger charge is 2.19. The van der Waals surface area contributed by atoms with E-state index in [0.717, 1.165) is 22.3 Å². The number of benzene rings is 1. The van der Waals surface area contributed by atoms with Gasteiger partial charge in [-0.15, -0.1) is 0 Å². The predicted molar refractivity (Wildman–Crippen MR) is 84.4 cm³/mol. The Hall–Kier alpha value is -1.88. The molecule has 0 N–H and O–H groups in total. The molecule has 0 saturated carbocycles. The van der Waals surface area contributed by atoms with Crippen LogP contribution in [0.2, 0.25) is 0 Å². The van der Waals surface area contributed by atoms with Crippen molar-refractivity contribution in [1.29, 1.82) is 0 Å². The van der Waals surface area contributed by atoms with Gasteiger partial charge in [0.05, 0.1) is 11.7 Å². The molecule has 0 radical (unpaired) electrons. The van der Waals surface area contributed by atoms with Crippen LogP contribution in [0.25, 0.3) is 5.52 Å². The summed E-state index contributed by atoms with van der Waals surface area (Å²) in [5, 5.41) is 0. The van der Waals surface area contributed by atoms with Crippen molar-refractivity contribution in [3.8, 4) is 0 Å². The van der Waals surface area contributed by atoms with Gasteiger partial charge in [-0.1, -0.05) is 32.5 Å². The predicted octanol–water partition coefficient (Wildman–Crippen LogP) is 5.06. The number of hydrogen-bond donors (Lipinski definition) is 0. The van der Waals surface area contributed by atoms with Gasteiger partial charge in [0.15, 0.2) is 0 Å². The van der Waals surface area contributed by atoms with Crippen LogP contribution in [0, 0.1) is 11.6 Å². The normalized spacial score (nSPS) is 12.0. The second-order valence-electron chi connectivity index (χ2n) is 6.17. The second kappa shape index (κ2) is 5.39. The highest BCUT2D eigenvalue weighted by molar-refractivity contribution is 7.99. The zero-order chi connectivity index (χ0) is 15.9. The number of halogens is 2. The Morgan fingerprint density at radius 2 is 1.86 bits per heavy atom. The third kappa shape index (κ3) is 2.86. The van der Waals surface area contributed by atoms with Crippen LogP contribution in [0.3, 0.4) is 0 Å². The molecule has 0 unspecified atom stereocenters. The Balaban J connectivity index is 2.01. The van der Waals surface area contributed by atoms with Crippen LogP contribution in [0.1, 0.15) is 26.6 Å². The van der Waals surface area contributed by atoms with Gasteiger partial charge in [-0.3, -0.25) is 0 Å². The van der Waals surface area contributed by atoms with E-state index in [-0.39, 0.29) is 5.41 Å². The molecule has 0 fully saturated rings. The average Bonchev–Trinajstić information content (AvgIpc) is 2.85. The molecule has 0 atom stereocenters. The average molecular weight is 318 g/mol. The van der Waals surface area contributed by atoms with E-state index in [0.29, 0.717) is 4.90 Å². The monoisotopic (exact) mass is 318 g/mol. The Bertz CT molecular complexity index is 834. The minimum absolute atomic E-state index is 0.0865. The number of nitrogens with zero attached hydrogens (tertiary/aromatic N) is 2. The largest absolute Gasteiger partial charge is 0.302 e. The molecule has 0 aliphatic heterocycles. The zero-order valence-corrected chi connectivity index (χ0v) is 13.4. The third-order valence-electron chi connectivity index (χ3n) is 3.29. The topological polar surface area (TPSA) is 17.3 Å². The van der Waals surface area contributed by atoms with Gasteiger partial charge in [-0.25, -0.2) is 13.8 Å². The molecular weight excluding hydrogens is 302 g/mol. The van der Waals surface area contributed by atoms with Gasteiger partial charge in [0.25, 0.3) is 0 Å². The second-order valence-corrected chi connectivity index (χ2v) is 7.28. The lowest BCUT2D eigenvalue weighted by Crippen LogP contribution is -2.15. The molecule has 0 saturated heterocycles. The molecule has 2 nitrogen and oxygen atoms in total. The minimum atomic E-state index is -0.568. The van der Waals surface area contributed by atoms with Gasteiger partial charge in [0.2, 0.25) is 0 Å². The molecule has 2 heterocycles. The van der Waals surface area contributed by atoms with E-state index in [4.69, 9.17) is 0 Å². The highest BCUT2D eigenvalue weighted by atomic mass is 32.2. The van der Waals surface area contributed by atoms with Gasteiger partial charge >= 0.3 is 0 Å². The number of imidazole rings is 1. The van der Waals surface area contributed by atoms with Crippen LogP contribution in [-0.2, 0) is 5.41 Å². The quantitative estimate of drug-likeness (QED) is 0.657. The van der Waals surface area contributed by atoms with Crippen molar-refractivity contribution in [2.24, 2.45) is 0 Å². The van der Waals surface area contributed by atoms with E-state index in [1.54, 1.807) is 0 Å². The first-order valence-corrected chi connectivity index (χ1v) is 7.77. The van der Waals surface area contributed by atoms with Crippen molar-refractivity contribution >= 4 is 17.3 Å². The van der Waals surface area contributed by atoms with Gasteiger partial charge < -0.3 is 4.40 Å². The molecule has 22 heavy (non-hydrogen) atoms. The summed E-state index contributed by atoms with van der Waals surface area (Å²) >= 11 is 1.27. The van der Waals surface area contributed by atoms with Crippen LogP contribution < -0.4 is 0 Å². The van der Waals surface area contributed by atoms with E-state index >= 15 is 0 Å². The first kappa shape index (κ1) is 15.0. The van der Waals surface area contributed by atoms with Gasteiger partial charge in [-0.05, 0) is 24.3 Å². The van der Waals surface area contributed by atoms with Crippen LogP contribution in [0.4, 0.5) is 8.78 Å². The maximum Gasteiger partial charge on any atom is 0.140 e. The van der Waals surface area contributed by atoms with Crippen molar-refractivity contribution in [3.63, 3.8) is 0 Å². The maximum atomic E-state index is 13.8. The van der Waals surface area contributed by atoms with Crippen LogP contribution in [0.5, 0.6) is 0 Å². The standard InChI is InChI=1S/C17H16F2N2S/c1-17(2,3)16-20-9-12-5-6-13(10-21(12)16)22-15-7-4-11(18)8-14(15)19/h4-10H,1-3H3. The Morgan fingerprint density at radius 3 is 2.55 bits per heavy atom. The van der Waals surface area contributed by atoms with Crippen LogP contribution in [0.15, 0.2) is 52.5 Å². The Morgan fingerprint density at radius 1 is 1.09 bits per heavy atom. The summed E-state index contributed by atoms with van der Waals surface area (Å²) in [7, 11) is 0. The lowest BCUT2D eigenvalue weighted by atomic mass is 9.96. The summed E-state index contributed by atoms with van der Waals surface area (Å²) in [5.41, 5.74) is 0.908. The molecular formula is C17H16F2N2S. The first-order valence-electron chi connectivity index (χ1n) is 6.95. The summed E-state index contributed by atoms with van der Waals surface area (Å²) in [6, 6.07) is 7.49. The Labute approximate surface area is 132 Å². The maximum absolute atomic E-state index is 13.8. The fraction of sp³-hybridized carbons (Fsp3) is 0.235. The number of aromatic nitrogens is 2. The summed E-state index contributed by atoms with van der Waals surface area (Å²) in [4.78, 5) is 5.75. The Kier molecular flexibility index (Phi) is 3.68. The van der Waals surface area contributed by atoms with Crippen molar-refractivity contribution in [2.75, 3.05) is 0 Å². The molecule has 3 aromatic rings. The zero-order valence-electron chi connectivity index (χ0n) is 12.6. The highest BCUT2D eigenvalue weighted by Crippen LogP contribution is 2.31. The molecule has 1 aromatic carbocycles. The van der Waals surface area contributed by atoms with Gasteiger partial charge in [0, 0.05) is 27.5 Å². The molecule has 5 heteroatoms. The van der Waals surface area contributed by atoms with Gasteiger partial charge in [0.1, 0.15) is 17.5 Å². The van der Waals surface area contributed by atoms with E-state index in [1.807, 2.05) is 28.9 Å². The number of pyridine rings is 1. The molecule has 0 bridgehead atoms. The fourth-order valence-corrected chi connectivity index (χ4v) is 3.11. The van der Waals surface area contributed by atoms with Crippen molar-refractivity contribution in [2.45, 2.75) is 36.0 Å². The van der Waals surface area contributed by atoms with Crippen LogP contribution >= 0.6 is 11.8 Å². The van der Waals surface area contributed by atoms with Crippen molar-refractivity contribution in [1.82, 2.24) is 9.38 Å². The van der Waals surface area contributed by atoms with Gasteiger partial charge in [-0.2, -0.15) is 0 Å². The minimum Gasteiger partial charge on any atom is -0.302 e. The summed E-state index contributed by atoms with van der Waals surface area (Å²) in [6.45, 7) is 6.30. The lowest BCUT2D eigenvalue weighted by Gasteiger charge is -2.17. The lowest BCUT2D eigenvalue weighted by molar-refractivity contribution is 0.542. The number of hydrogen-bond acceptors (Lipinski definition) is 2. The first-order chi connectivity index (χ1) is 10.3. The number of rotatable bonds is 2. The molecule has 0 amide bonds. The molecule has 114 valence electrons. The summed E-state index contributed by atoms with van der Waals surface area (Å²) in [5.74, 6) is -0.168. The SMILES string of the molecule is CC(C)(C)c1ncc2ccc(Sc3ccc(F)cc3F)cn12. The van der Waals surface area contributed by atoms with Crippen molar-refractivity contribution in [3.05, 3.63) is 60.2 Å². The summed E-state index contributed by atoms with van der Waals surface area (Å²) in [6.07, 6.45) is 3.77. The third-order valence-corrected chi connectivity index (χ3v) is 4.32. The van der Waals surface area contributed by atoms with E-state index in [9.17, 15) is 8.78 Å². The molecule has 0 aliphatic carbocycles. The van der Waals surface area contributed by atoms with Crippen molar-refractivity contribution < 1.29 is 8.78 Å². The molecule has 0 aliphatic rings. The summed E-state index contributed by atoms with van der Waals surface area (Å²) < 4.78 is 28.8. The van der Waals surface area contributed by atoms with E-state index in [2.05, 4.69) is 25.8 Å². The van der Waals surface area contributed by atoms with E-state index < -0.39 is 11.6 Å². The fourth-order valence-electron chi connectivity index (χ4n) is 2.27. The molecule has 2 aromatic heterocycles. The van der Waals surface area contributed by atoms with E-state index in [1.165, 1.54) is 23.9 Å². The van der Waals surface area contributed by atoms with Crippen LogP contribution in [-0.4, -0.2) is 9.38 Å². The molecule has 0 spiro atoms. The smallest absolute Gasteiger partial charge is 0.140 e. The molecule has 3 rings (SSSR count).